The predicted molar refractivity (Wildman–Crippen MR) is 75.2 cm³/mol. The zero-order valence-electron chi connectivity index (χ0n) is 12.0. The van der Waals surface area contributed by atoms with E-state index in [4.69, 9.17) is 0 Å². The van der Waals surface area contributed by atoms with Crippen molar-refractivity contribution < 1.29 is 14.3 Å². The number of carbonyl (C=O) groups excluding carboxylic acids is 1. The Bertz CT molecular complexity index is 483. The summed E-state index contributed by atoms with van der Waals surface area (Å²) in [6.07, 6.45) is 0. The van der Waals surface area contributed by atoms with Gasteiger partial charge < -0.3 is 10.0 Å². The van der Waals surface area contributed by atoms with Crippen molar-refractivity contribution in [2.24, 2.45) is 5.92 Å². The van der Waals surface area contributed by atoms with E-state index in [1.165, 1.54) is 12.1 Å². The van der Waals surface area contributed by atoms with E-state index >= 15 is 0 Å². The Morgan fingerprint density at radius 1 is 1.30 bits per heavy atom. The molecule has 1 aromatic carbocycles. The van der Waals surface area contributed by atoms with Gasteiger partial charge in [-0.1, -0.05) is 13.8 Å². The van der Waals surface area contributed by atoms with Crippen LogP contribution >= 0.6 is 0 Å². The van der Waals surface area contributed by atoms with Gasteiger partial charge in [-0.15, -0.1) is 0 Å². The Balaban J connectivity index is 1.98. The van der Waals surface area contributed by atoms with Crippen molar-refractivity contribution in [3.05, 3.63) is 29.6 Å². The molecule has 0 unspecified atom stereocenters. The molecule has 0 atom stereocenters. The van der Waals surface area contributed by atoms with E-state index in [1.54, 1.807) is 4.90 Å². The molecule has 0 aromatic heterocycles. The third-order valence-corrected chi connectivity index (χ3v) is 3.47. The Morgan fingerprint density at radius 3 is 2.50 bits per heavy atom. The van der Waals surface area contributed by atoms with E-state index in [9.17, 15) is 14.3 Å². The summed E-state index contributed by atoms with van der Waals surface area (Å²) in [6, 6.07) is 3.51. The third kappa shape index (κ3) is 3.48. The number of hydrogen-bond donors (Lipinski definition) is 1. The smallest absolute Gasteiger partial charge is 0.257 e. The molecule has 1 saturated heterocycles. The molecule has 0 spiro atoms. The average molecular weight is 280 g/mol. The van der Waals surface area contributed by atoms with Gasteiger partial charge in [0.1, 0.15) is 11.6 Å². The van der Waals surface area contributed by atoms with Crippen LogP contribution < -0.4 is 0 Å². The Kier molecular flexibility index (Phi) is 4.60. The second-order valence-electron chi connectivity index (χ2n) is 5.65. The topological polar surface area (TPSA) is 43.8 Å². The molecule has 110 valence electrons. The minimum atomic E-state index is -0.541. The van der Waals surface area contributed by atoms with Gasteiger partial charge in [-0.25, -0.2) is 4.39 Å². The lowest BCUT2D eigenvalue weighted by atomic mass is 10.1. The predicted octanol–water partition coefficient (Wildman–Crippen LogP) is 1.95. The van der Waals surface area contributed by atoms with Gasteiger partial charge in [-0.05, 0) is 18.1 Å². The molecule has 1 aromatic rings. The van der Waals surface area contributed by atoms with E-state index in [-0.39, 0.29) is 17.2 Å². The van der Waals surface area contributed by atoms with E-state index in [1.807, 2.05) is 0 Å². The zero-order chi connectivity index (χ0) is 14.7. The van der Waals surface area contributed by atoms with Gasteiger partial charge in [-0.3, -0.25) is 9.69 Å². The van der Waals surface area contributed by atoms with Gasteiger partial charge in [0.2, 0.25) is 0 Å². The van der Waals surface area contributed by atoms with Gasteiger partial charge in [0.25, 0.3) is 5.91 Å². The second-order valence-corrected chi connectivity index (χ2v) is 5.65. The highest BCUT2D eigenvalue weighted by Gasteiger charge is 2.24. The van der Waals surface area contributed by atoms with Crippen LogP contribution in [0.4, 0.5) is 4.39 Å². The number of piperazine rings is 1. The van der Waals surface area contributed by atoms with E-state index in [0.717, 1.165) is 25.7 Å². The van der Waals surface area contributed by atoms with E-state index in [2.05, 4.69) is 18.7 Å². The number of halogens is 1. The molecule has 0 saturated carbocycles. The summed E-state index contributed by atoms with van der Waals surface area (Å²) < 4.78 is 12.9. The van der Waals surface area contributed by atoms with Crippen molar-refractivity contribution in [1.29, 1.82) is 0 Å². The van der Waals surface area contributed by atoms with Crippen LogP contribution in [0.25, 0.3) is 0 Å². The number of benzene rings is 1. The first-order valence-corrected chi connectivity index (χ1v) is 6.97. The fourth-order valence-electron chi connectivity index (χ4n) is 2.51. The summed E-state index contributed by atoms with van der Waals surface area (Å²) in [5.41, 5.74) is 0.170. The Labute approximate surface area is 118 Å². The van der Waals surface area contributed by atoms with Gasteiger partial charge in [-0.2, -0.15) is 0 Å². The largest absolute Gasteiger partial charge is 0.507 e. The number of amides is 1. The highest BCUT2D eigenvalue weighted by atomic mass is 19.1. The Hall–Kier alpha value is -1.62. The number of phenols is 1. The van der Waals surface area contributed by atoms with Crippen LogP contribution in [0.1, 0.15) is 24.2 Å². The van der Waals surface area contributed by atoms with Gasteiger partial charge in [0.05, 0.1) is 5.56 Å². The van der Waals surface area contributed by atoms with Crippen LogP contribution in [0.5, 0.6) is 5.75 Å². The number of nitrogens with zero attached hydrogens (tertiary/aromatic N) is 2. The SMILES string of the molecule is CC(C)CN1CCN(C(=O)c2ccc(F)cc2O)CC1. The van der Waals surface area contributed by atoms with Crippen molar-refractivity contribution in [3.8, 4) is 5.75 Å². The number of phenolic OH excluding ortho intramolecular Hbond substituents is 1. The van der Waals surface area contributed by atoms with Crippen molar-refractivity contribution >= 4 is 5.91 Å². The van der Waals surface area contributed by atoms with Crippen molar-refractivity contribution in [1.82, 2.24) is 9.80 Å². The van der Waals surface area contributed by atoms with E-state index in [0.29, 0.717) is 19.0 Å². The summed E-state index contributed by atoms with van der Waals surface area (Å²) >= 11 is 0. The van der Waals surface area contributed by atoms with Gasteiger partial charge >= 0.3 is 0 Å². The summed E-state index contributed by atoms with van der Waals surface area (Å²) in [5, 5.41) is 9.67. The molecule has 0 aliphatic carbocycles. The zero-order valence-corrected chi connectivity index (χ0v) is 12.0. The normalized spacial score (nSPS) is 16.7. The van der Waals surface area contributed by atoms with Crippen LogP contribution in [-0.4, -0.2) is 53.5 Å². The maximum Gasteiger partial charge on any atom is 0.257 e. The molecule has 1 fully saturated rings. The fourth-order valence-corrected chi connectivity index (χ4v) is 2.51. The maximum atomic E-state index is 12.9. The molecule has 1 N–H and O–H groups in total. The molecule has 0 radical (unpaired) electrons. The maximum absolute atomic E-state index is 12.9. The molecule has 1 heterocycles. The quantitative estimate of drug-likeness (QED) is 0.920. The fraction of sp³-hybridized carbons (Fsp3) is 0.533. The van der Waals surface area contributed by atoms with Crippen molar-refractivity contribution in [2.45, 2.75) is 13.8 Å². The molecule has 2 rings (SSSR count). The number of rotatable bonds is 3. The Morgan fingerprint density at radius 2 is 1.95 bits per heavy atom. The van der Waals surface area contributed by atoms with Crippen molar-refractivity contribution in [3.63, 3.8) is 0 Å². The molecular formula is C15H21FN2O2. The molecule has 5 heteroatoms. The van der Waals surface area contributed by atoms with Crippen LogP contribution in [-0.2, 0) is 0 Å². The lowest BCUT2D eigenvalue weighted by Crippen LogP contribution is -2.49. The molecule has 0 bridgehead atoms. The van der Waals surface area contributed by atoms with Crippen LogP contribution in [0.15, 0.2) is 18.2 Å². The lowest BCUT2D eigenvalue weighted by molar-refractivity contribution is 0.0621. The molecular weight excluding hydrogens is 259 g/mol. The summed E-state index contributed by atoms with van der Waals surface area (Å²) in [6.45, 7) is 8.34. The van der Waals surface area contributed by atoms with E-state index < -0.39 is 5.82 Å². The molecule has 1 aliphatic rings. The monoisotopic (exact) mass is 280 g/mol. The summed E-state index contributed by atoms with van der Waals surface area (Å²) in [5.74, 6) is -0.453. The standard InChI is InChI=1S/C15H21FN2O2/c1-11(2)10-17-5-7-18(8-6-17)15(20)13-4-3-12(16)9-14(13)19/h3-4,9,11,19H,5-8,10H2,1-2H3. The minimum Gasteiger partial charge on any atom is -0.507 e. The summed E-state index contributed by atoms with van der Waals surface area (Å²) in [7, 11) is 0. The minimum absolute atomic E-state index is 0.170. The molecule has 1 aliphatic heterocycles. The number of carbonyl (C=O) groups is 1. The molecule has 1 amide bonds. The first-order valence-electron chi connectivity index (χ1n) is 6.97. The molecule has 4 nitrogen and oxygen atoms in total. The molecule has 20 heavy (non-hydrogen) atoms. The van der Waals surface area contributed by atoms with Crippen LogP contribution in [0.3, 0.4) is 0 Å². The van der Waals surface area contributed by atoms with Crippen LogP contribution in [0, 0.1) is 11.7 Å². The first kappa shape index (κ1) is 14.8. The lowest BCUT2D eigenvalue weighted by Gasteiger charge is -2.35. The first-order chi connectivity index (χ1) is 9.47. The van der Waals surface area contributed by atoms with Crippen LogP contribution in [0.2, 0.25) is 0 Å². The number of aromatic hydroxyl groups is 1. The highest BCUT2D eigenvalue weighted by molar-refractivity contribution is 5.96. The van der Waals surface area contributed by atoms with Gasteiger partial charge in [0.15, 0.2) is 0 Å². The third-order valence-electron chi connectivity index (χ3n) is 3.47. The van der Waals surface area contributed by atoms with Gasteiger partial charge in [0, 0.05) is 38.8 Å². The van der Waals surface area contributed by atoms with Crippen molar-refractivity contribution in [2.75, 3.05) is 32.7 Å². The second kappa shape index (κ2) is 6.22. The average Bonchev–Trinajstić information content (AvgIpc) is 2.38. The summed E-state index contributed by atoms with van der Waals surface area (Å²) in [4.78, 5) is 16.3. The number of hydrogen-bond acceptors (Lipinski definition) is 3. The highest BCUT2D eigenvalue weighted by Crippen LogP contribution is 2.20.